The largest absolute Gasteiger partial charge is 0.309 e. The van der Waals surface area contributed by atoms with Gasteiger partial charge in [-0.1, -0.05) is 13.8 Å². The molecule has 0 unspecified atom stereocenters. The first-order valence-electron chi connectivity index (χ1n) is 2.96. The molecule has 0 aromatic rings. The van der Waals surface area contributed by atoms with Gasteiger partial charge in [-0.3, -0.25) is 4.99 Å². The molecule has 0 radical (unpaired) electrons. The van der Waals surface area contributed by atoms with Crippen LogP contribution in [0.15, 0.2) is 17.3 Å². The molecule has 0 heterocycles. The molecule has 1 N–H and O–H groups in total. The molecule has 0 aliphatic heterocycles. The van der Waals surface area contributed by atoms with E-state index in [1.165, 1.54) is 6.21 Å². The molecule has 0 bridgehead atoms. The Labute approximate surface area is 55.8 Å². The summed E-state index contributed by atoms with van der Waals surface area (Å²) in [5.41, 5.74) is 0. The number of allylic oxidation sites excluding steroid dienone is 1. The van der Waals surface area contributed by atoms with Crippen molar-refractivity contribution < 1.29 is 0 Å². The summed E-state index contributed by atoms with van der Waals surface area (Å²) in [6.07, 6.45) is 6.23. The molecule has 50 valence electrons. The second-order valence-corrected chi connectivity index (χ2v) is 2.05. The van der Waals surface area contributed by atoms with Gasteiger partial charge in [0.2, 0.25) is 0 Å². The summed E-state index contributed by atoms with van der Waals surface area (Å²) in [6, 6.07) is 0. The molecule has 0 aliphatic rings. The second-order valence-electron chi connectivity index (χ2n) is 2.05. The van der Waals surface area contributed by atoms with E-state index in [9.17, 15) is 0 Å². The van der Waals surface area contributed by atoms with Crippen LogP contribution in [0.5, 0.6) is 0 Å². The van der Waals surface area contributed by atoms with E-state index in [0.29, 0.717) is 5.92 Å². The Morgan fingerprint density at radius 1 is 1.44 bits per heavy atom. The Balaban J connectivity index is 3.46. The molecule has 2 nitrogen and oxygen atoms in total. The molecule has 0 spiro atoms. The summed E-state index contributed by atoms with van der Waals surface area (Å²) >= 11 is 0. The summed E-state index contributed by atoms with van der Waals surface area (Å²) in [7, 11) is 0. The summed E-state index contributed by atoms with van der Waals surface area (Å²) in [6.45, 7) is 4.11. The number of hydrogen-bond donors (Lipinski definition) is 1. The maximum Gasteiger partial charge on any atom is 0.0279 e. The van der Waals surface area contributed by atoms with Gasteiger partial charge in [-0.25, -0.2) is 0 Å². The van der Waals surface area contributed by atoms with Crippen molar-refractivity contribution >= 4 is 12.4 Å². The van der Waals surface area contributed by atoms with Crippen LogP contribution in [-0.2, 0) is 0 Å². The highest BCUT2D eigenvalue weighted by Gasteiger charge is 1.79. The first kappa shape index (κ1) is 8.08. The average molecular weight is 124 g/mol. The van der Waals surface area contributed by atoms with Gasteiger partial charge in [-0.15, -0.1) is 0 Å². The van der Waals surface area contributed by atoms with Gasteiger partial charge in [0.25, 0.3) is 0 Å². The lowest BCUT2D eigenvalue weighted by molar-refractivity contribution is 0.907. The Bertz CT molecular complexity index is 123. The molecule has 0 rings (SSSR count). The van der Waals surface area contributed by atoms with E-state index in [-0.39, 0.29) is 0 Å². The smallest absolute Gasteiger partial charge is 0.0279 e. The van der Waals surface area contributed by atoms with Gasteiger partial charge >= 0.3 is 0 Å². The molecule has 0 fully saturated rings. The zero-order valence-electron chi connectivity index (χ0n) is 5.83. The third-order valence-electron chi connectivity index (χ3n) is 0.653. The van der Waals surface area contributed by atoms with E-state index in [1.54, 1.807) is 12.3 Å². The predicted octanol–water partition coefficient (Wildman–Crippen LogP) is 1.88. The fourth-order valence-corrected chi connectivity index (χ4v) is 0.315. The quantitative estimate of drug-likeness (QED) is 0.558. The van der Waals surface area contributed by atoms with Gasteiger partial charge in [-0.05, 0) is 12.0 Å². The molecule has 0 aliphatic carbocycles. The third-order valence-corrected chi connectivity index (χ3v) is 0.653. The molecule has 2 heteroatoms. The van der Waals surface area contributed by atoms with E-state index in [0.717, 1.165) is 0 Å². The predicted molar refractivity (Wildman–Crippen MR) is 41.3 cm³/mol. The summed E-state index contributed by atoms with van der Waals surface area (Å²) in [5, 5.41) is 6.60. The molecule has 9 heavy (non-hydrogen) atoms. The van der Waals surface area contributed by atoms with Gasteiger partial charge < -0.3 is 5.41 Å². The van der Waals surface area contributed by atoms with E-state index in [2.05, 4.69) is 18.8 Å². The van der Waals surface area contributed by atoms with Crippen molar-refractivity contribution in [3.8, 4) is 0 Å². The number of aliphatic imine (C=N–C) groups is 1. The lowest BCUT2D eigenvalue weighted by atomic mass is 10.3. The van der Waals surface area contributed by atoms with E-state index in [1.807, 2.05) is 6.21 Å². The monoisotopic (exact) mass is 124 g/mol. The SMILES string of the molecule is CC(C)C=N/C=C\C=N. The molecule has 0 amide bonds. The lowest BCUT2D eigenvalue weighted by Gasteiger charge is -1.87. The minimum atomic E-state index is 0.486. The van der Waals surface area contributed by atoms with Crippen molar-refractivity contribution in [1.82, 2.24) is 0 Å². The summed E-state index contributed by atoms with van der Waals surface area (Å²) < 4.78 is 0. The van der Waals surface area contributed by atoms with Crippen molar-refractivity contribution in [3.63, 3.8) is 0 Å². The minimum absolute atomic E-state index is 0.486. The van der Waals surface area contributed by atoms with Gasteiger partial charge in [0.1, 0.15) is 0 Å². The van der Waals surface area contributed by atoms with Crippen LogP contribution in [0.2, 0.25) is 0 Å². The highest BCUT2D eigenvalue weighted by atomic mass is 14.7. The topological polar surface area (TPSA) is 36.2 Å². The Morgan fingerprint density at radius 2 is 2.11 bits per heavy atom. The second kappa shape index (κ2) is 5.22. The molecule has 0 saturated heterocycles. The zero-order valence-corrected chi connectivity index (χ0v) is 5.83. The molecular formula is C7H12N2. The highest BCUT2D eigenvalue weighted by molar-refractivity contribution is 5.68. The first-order chi connectivity index (χ1) is 4.27. The van der Waals surface area contributed by atoms with Crippen LogP contribution < -0.4 is 0 Å². The van der Waals surface area contributed by atoms with Gasteiger partial charge in [-0.2, -0.15) is 0 Å². The molecular weight excluding hydrogens is 112 g/mol. The van der Waals surface area contributed by atoms with Crippen LogP contribution in [0.1, 0.15) is 13.8 Å². The zero-order chi connectivity index (χ0) is 7.11. The number of rotatable bonds is 3. The molecule has 0 aromatic carbocycles. The van der Waals surface area contributed by atoms with Crippen molar-refractivity contribution in [3.05, 3.63) is 12.3 Å². The van der Waals surface area contributed by atoms with Crippen molar-refractivity contribution in [2.24, 2.45) is 10.9 Å². The van der Waals surface area contributed by atoms with Crippen LogP contribution in [0, 0.1) is 11.3 Å². The standard InChI is InChI=1S/C7H12N2/c1-7(2)6-9-5-3-4-8/h3-8H,1-2H3/b5-3-,8-4?,9-6?. The molecule has 0 aromatic heterocycles. The van der Waals surface area contributed by atoms with Gasteiger partial charge in [0.15, 0.2) is 0 Å². The Morgan fingerprint density at radius 3 is 2.56 bits per heavy atom. The first-order valence-corrected chi connectivity index (χ1v) is 2.96. The van der Waals surface area contributed by atoms with Crippen LogP contribution in [0.3, 0.4) is 0 Å². The van der Waals surface area contributed by atoms with Crippen LogP contribution >= 0.6 is 0 Å². The molecule has 0 saturated carbocycles. The van der Waals surface area contributed by atoms with Gasteiger partial charge in [0, 0.05) is 18.6 Å². The lowest BCUT2D eigenvalue weighted by Crippen LogP contribution is -1.84. The van der Waals surface area contributed by atoms with E-state index >= 15 is 0 Å². The number of nitrogens with one attached hydrogen (secondary N) is 1. The third kappa shape index (κ3) is 7.08. The Hall–Kier alpha value is -0.920. The van der Waals surface area contributed by atoms with E-state index in [4.69, 9.17) is 5.41 Å². The molecule has 0 atom stereocenters. The fourth-order valence-electron chi connectivity index (χ4n) is 0.315. The summed E-state index contributed by atoms with van der Waals surface area (Å²) in [4.78, 5) is 3.90. The average Bonchev–Trinajstić information content (AvgIpc) is 1.80. The van der Waals surface area contributed by atoms with Crippen molar-refractivity contribution in [2.75, 3.05) is 0 Å². The normalized spacial score (nSPS) is 11.9. The maximum atomic E-state index is 6.60. The highest BCUT2D eigenvalue weighted by Crippen LogP contribution is 1.84. The van der Waals surface area contributed by atoms with Crippen molar-refractivity contribution in [1.29, 1.82) is 5.41 Å². The maximum absolute atomic E-state index is 6.60. The number of nitrogens with zero attached hydrogens (tertiary/aromatic N) is 1. The van der Waals surface area contributed by atoms with Crippen LogP contribution in [0.4, 0.5) is 0 Å². The fraction of sp³-hybridized carbons (Fsp3) is 0.429. The van der Waals surface area contributed by atoms with Crippen LogP contribution in [-0.4, -0.2) is 12.4 Å². The summed E-state index contributed by atoms with van der Waals surface area (Å²) in [5.74, 6) is 0.486. The van der Waals surface area contributed by atoms with E-state index < -0.39 is 0 Å². The van der Waals surface area contributed by atoms with Crippen LogP contribution in [0.25, 0.3) is 0 Å². The van der Waals surface area contributed by atoms with Crippen molar-refractivity contribution in [2.45, 2.75) is 13.8 Å². The van der Waals surface area contributed by atoms with Gasteiger partial charge in [0.05, 0.1) is 0 Å². The number of hydrogen-bond acceptors (Lipinski definition) is 2. The Kier molecular flexibility index (Phi) is 4.69. The minimum Gasteiger partial charge on any atom is -0.309 e.